The molecule has 4 rings (SSSR count). The number of carboxylic acid groups (broad SMARTS) is 1. The molecule has 1 unspecified atom stereocenters. The van der Waals surface area contributed by atoms with E-state index >= 15 is 4.39 Å². The van der Waals surface area contributed by atoms with Crippen molar-refractivity contribution in [3.8, 4) is 11.1 Å². The molecule has 2 atom stereocenters. The van der Waals surface area contributed by atoms with Crippen LogP contribution in [-0.4, -0.2) is 15.6 Å². The molecule has 0 bridgehead atoms. The maximum absolute atomic E-state index is 15.1. The van der Waals surface area contributed by atoms with E-state index in [9.17, 15) is 14.5 Å². The number of carboxylic acids is 1. The van der Waals surface area contributed by atoms with Gasteiger partial charge in [0.15, 0.2) is 0 Å². The zero-order valence-corrected chi connectivity index (χ0v) is 20.7. The third-order valence-electron chi connectivity index (χ3n) is 6.37. The minimum absolute atomic E-state index is 0.0466. The van der Waals surface area contributed by atoms with E-state index in [-0.39, 0.29) is 23.4 Å². The minimum Gasteiger partial charge on any atom is -0.481 e. The number of aromatic nitrogens is 1. The van der Waals surface area contributed by atoms with Crippen LogP contribution in [0.15, 0.2) is 95.0 Å². The SMILES string of the molecule is Cn1cc(C(C[C@H](c2ccc(-c3ccc(CC(=O)O)cc3)cc2)c2ccc(Cl)cc2F)N=O)ccc1=O. The van der Waals surface area contributed by atoms with Crippen molar-refractivity contribution in [3.63, 3.8) is 0 Å². The van der Waals surface area contributed by atoms with E-state index < -0.39 is 23.7 Å². The van der Waals surface area contributed by atoms with Gasteiger partial charge in [0.2, 0.25) is 5.56 Å². The number of rotatable bonds is 9. The first-order valence-corrected chi connectivity index (χ1v) is 12.0. The summed E-state index contributed by atoms with van der Waals surface area (Å²) < 4.78 is 16.4. The van der Waals surface area contributed by atoms with Crippen molar-refractivity contribution in [2.24, 2.45) is 12.2 Å². The third kappa shape index (κ3) is 6.19. The first-order chi connectivity index (χ1) is 17.7. The quantitative estimate of drug-likeness (QED) is 0.256. The summed E-state index contributed by atoms with van der Waals surface area (Å²) in [6.45, 7) is 0. The van der Waals surface area contributed by atoms with Crippen molar-refractivity contribution in [2.45, 2.75) is 24.8 Å². The molecule has 3 aromatic carbocycles. The molecule has 37 heavy (non-hydrogen) atoms. The minimum atomic E-state index is -0.890. The second-order valence-corrected chi connectivity index (χ2v) is 9.31. The molecule has 1 heterocycles. The van der Waals surface area contributed by atoms with E-state index in [4.69, 9.17) is 16.7 Å². The highest BCUT2D eigenvalue weighted by molar-refractivity contribution is 6.30. The number of pyridine rings is 1. The fourth-order valence-corrected chi connectivity index (χ4v) is 4.56. The number of aryl methyl sites for hydroxylation is 1. The van der Waals surface area contributed by atoms with Crippen molar-refractivity contribution in [1.82, 2.24) is 4.57 Å². The van der Waals surface area contributed by atoms with Gasteiger partial charge in [-0.1, -0.05) is 71.4 Å². The Kier molecular flexibility index (Phi) is 7.94. The molecular weight excluding hydrogens is 495 g/mol. The first kappa shape index (κ1) is 26.0. The molecule has 1 aromatic heterocycles. The van der Waals surface area contributed by atoms with Gasteiger partial charge in [0.25, 0.3) is 0 Å². The van der Waals surface area contributed by atoms with Crippen molar-refractivity contribution in [2.75, 3.05) is 0 Å². The van der Waals surface area contributed by atoms with E-state index in [2.05, 4.69) is 5.18 Å². The Morgan fingerprint density at radius 2 is 1.59 bits per heavy atom. The highest BCUT2D eigenvalue weighted by Crippen LogP contribution is 2.38. The van der Waals surface area contributed by atoms with E-state index in [1.807, 2.05) is 36.4 Å². The Hall–Kier alpha value is -4.10. The fourth-order valence-electron chi connectivity index (χ4n) is 4.40. The molecule has 188 valence electrons. The van der Waals surface area contributed by atoms with Crippen LogP contribution in [0.4, 0.5) is 4.39 Å². The topological polar surface area (TPSA) is 88.7 Å². The number of hydrogen-bond donors (Lipinski definition) is 1. The molecule has 8 heteroatoms. The van der Waals surface area contributed by atoms with Crippen LogP contribution in [0.5, 0.6) is 0 Å². The predicted octanol–water partition coefficient (Wildman–Crippen LogP) is 6.50. The predicted molar refractivity (Wildman–Crippen MR) is 141 cm³/mol. The second-order valence-electron chi connectivity index (χ2n) is 8.88. The van der Waals surface area contributed by atoms with E-state index in [1.54, 1.807) is 43.6 Å². The molecular formula is C29H24ClFN2O4. The highest BCUT2D eigenvalue weighted by Gasteiger charge is 2.25. The zero-order valence-electron chi connectivity index (χ0n) is 20.0. The normalized spacial score (nSPS) is 12.6. The van der Waals surface area contributed by atoms with Crippen LogP contribution in [-0.2, 0) is 18.3 Å². The lowest BCUT2D eigenvalue weighted by molar-refractivity contribution is -0.136. The summed E-state index contributed by atoms with van der Waals surface area (Å²) in [6, 6.07) is 21.4. The molecule has 0 radical (unpaired) electrons. The standard InChI is InChI=1S/C29H24ClFN2O4/c1-33-17-22(10-13-28(33)34)27(32-37)16-25(24-12-11-23(30)15-26(24)31)21-8-6-20(7-9-21)19-4-2-18(3-5-19)14-29(35)36/h2-13,15,17,25,27H,14,16H2,1H3,(H,35,36)/t25-,27?/m1/s1. The van der Waals surface area contributed by atoms with E-state index in [0.717, 1.165) is 16.7 Å². The number of nitrogens with zero attached hydrogens (tertiary/aromatic N) is 2. The smallest absolute Gasteiger partial charge is 0.307 e. The number of nitroso groups, excluding NO2 is 1. The molecule has 0 aliphatic carbocycles. The summed E-state index contributed by atoms with van der Waals surface area (Å²) in [6.07, 6.45) is 1.71. The van der Waals surface area contributed by atoms with Crippen molar-refractivity contribution in [3.05, 3.63) is 133 Å². The zero-order chi connectivity index (χ0) is 26.5. The molecule has 0 aliphatic heterocycles. The summed E-state index contributed by atoms with van der Waals surface area (Å²) in [5.74, 6) is -1.89. The van der Waals surface area contributed by atoms with Gasteiger partial charge in [-0.15, -0.1) is 0 Å². The Morgan fingerprint density at radius 1 is 0.973 bits per heavy atom. The van der Waals surface area contributed by atoms with Gasteiger partial charge >= 0.3 is 5.97 Å². The van der Waals surface area contributed by atoms with E-state index in [0.29, 0.717) is 16.7 Å². The van der Waals surface area contributed by atoms with Crippen LogP contribution in [0.3, 0.4) is 0 Å². The second kappa shape index (κ2) is 11.3. The molecule has 0 saturated carbocycles. The molecule has 0 fully saturated rings. The average molecular weight is 519 g/mol. The van der Waals surface area contributed by atoms with Crippen molar-refractivity contribution >= 4 is 17.6 Å². The van der Waals surface area contributed by atoms with Crippen LogP contribution in [0.25, 0.3) is 11.1 Å². The molecule has 0 aliphatic rings. The van der Waals surface area contributed by atoms with Crippen molar-refractivity contribution in [1.29, 1.82) is 0 Å². The monoisotopic (exact) mass is 518 g/mol. The molecule has 4 aromatic rings. The van der Waals surface area contributed by atoms with Crippen LogP contribution in [0.2, 0.25) is 5.02 Å². The lowest BCUT2D eigenvalue weighted by atomic mass is 9.84. The van der Waals surface area contributed by atoms with Crippen molar-refractivity contribution < 1.29 is 14.3 Å². The first-order valence-electron chi connectivity index (χ1n) is 11.6. The van der Waals surface area contributed by atoms with Gasteiger partial charge in [-0.2, -0.15) is 4.91 Å². The Bertz CT molecular complexity index is 1480. The lowest BCUT2D eigenvalue weighted by Crippen LogP contribution is -2.16. The van der Waals surface area contributed by atoms with Crippen LogP contribution >= 0.6 is 11.6 Å². The largest absolute Gasteiger partial charge is 0.481 e. The van der Waals surface area contributed by atoms with Gasteiger partial charge in [0, 0.05) is 30.3 Å². The maximum atomic E-state index is 15.1. The van der Waals surface area contributed by atoms with Gasteiger partial charge in [0.1, 0.15) is 11.9 Å². The molecule has 0 saturated heterocycles. The molecule has 1 N–H and O–H groups in total. The number of halogens is 2. The lowest BCUT2D eigenvalue weighted by Gasteiger charge is -2.22. The summed E-state index contributed by atoms with van der Waals surface area (Å²) in [5, 5.41) is 12.5. The van der Waals surface area contributed by atoms with Gasteiger partial charge in [-0.25, -0.2) is 4.39 Å². The molecule has 6 nitrogen and oxygen atoms in total. The summed E-state index contributed by atoms with van der Waals surface area (Å²) >= 11 is 5.98. The Balaban J connectivity index is 1.68. The van der Waals surface area contributed by atoms with Gasteiger partial charge in [-0.3, -0.25) is 9.59 Å². The molecule has 0 spiro atoms. The number of benzene rings is 3. The van der Waals surface area contributed by atoms with Gasteiger partial charge < -0.3 is 9.67 Å². The summed E-state index contributed by atoms with van der Waals surface area (Å²) in [7, 11) is 1.59. The third-order valence-corrected chi connectivity index (χ3v) is 6.61. The number of hydrogen-bond acceptors (Lipinski definition) is 4. The van der Waals surface area contributed by atoms with Gasteiger partial charge in [0.05, 0.1) is 6.42 Å². The van der Waals surface area contributed by atoms with E-state index in [1.165, 1.54) is 16.7 Å². The Labute approximate surface area is 218 Å². The summed E-state index contributed by atoms with van der Waals surface area (Å²) in [5.41, 5.74) is 4.04. The summed E-state index contributed by atoms with van der Waals surface area (Å²) in [4.78, 5) is 34.6. The van der Waals surface area contributed by atoms with Crippen LogP contribution in [0.1, 0.15) is 40.6 Å². The van der Waals surface area contributed by atoms with Crippen LogP contribution in [0, 0.1) is 10.7 Å². The number of carbonyl (C=O) groups is 1. The fraction of sp³-hybridized carbons (Fsp3) is 0.172. The van der Waals surface area contributed by atoms with Crippen LogP contribution < -0.4 is 5.56 Å². The Morgan fingerprint density at radius 3 is 2.16 bits per heavy atom. The molecule has 0 amide bonds. The number of aliphatic carboxylic acids is 1. The average Bonchev–Trinajstić information content (AvgIpc) is 2.87. The van der Waals surface area contributed by atoms with Gasteiger partial charge in [-0.05, 0) is 58.0 Å². The highest BCUT2D eigenvalue weighted by atomic mass is 35.5. The maximum Gasteiger partial charge on any atom is 0.307 e.